The SMILES string of the molecule is CO[C@@H]1CN(C(=O)c2oc(-c3ccccc3)nc2C)C[C@H]1c1cn[nH]n1. The third-order valence-electron chi connectivity index (χ3n) is 4.68. The number of methoxy groups -OCH3 is 1. The molecule has 0 bridgehead atoms. The highest BCUT2D eigenvalue weighted by Crippen LogP contribution is 2.30. The number of hydrogen-bond donors (Lipinski definition) is 1. The van der Waals surface area contributed by atoms with Gasteiger partial charge in [-0.05, 0) is 19.1 Å². The number of ether oxygens (including phenoxy) is 1. The number of oxazole rings is 1. The van der Waals surface area contributed by atoms with Crippen LogP contribution in [0.4, 0.5) is 0 Å². The topological polar surface area (TPSA) is 97.1 Å². The fraction of sp³-hybridized carbons (Fsp3) is 0.333. The standard InChI is InChI=1S/C18H19N5O3/c1-11-16(26-17(20-11)12-6-4-3-5-7-12)18(24)23-9-13(15(10-23)25-2)14-8-19-22-21-14/h3-8,13,15H,9-10H2,1-2H3,(H,19,21,22)/t13-,15+/m0/s1. The van der Waals surface area contributed by atoms with Crippen LogP contribution >= 0.6 is 0 Å². The lowest BCUT2D eigenvalue weighted by molar-refractivity contribution is 0.0687. The minimum atomic E-state index is -0.190. The molecule has 0 spiro atoms. The summed E-state index contributed by atoms with van der Waals surface area (Å²) in [5.41, 5.74) is 2.20. The monoisotopic (exact) mass is 353 g/mol. The number of nitrogens with one attached hydrogen (secondary N) is 1. The van der Waals surface area contributed by atoms with Gasteiger partial charge in [-0.25, -0.2) is 4.98 Å². The van der Waals surface area contributed by atoms with Gasteiger partial charge in [0.2, 0.25) is 11.7 Å². The zero-order valence-corrected chi connectivity index (χ0v) is 14.5. The molecule has 0 unspecified atom stereocenters. The molecule has 0 saturated carbocycles. The zero-order valence-electron chi connectivity index (χ0n) is 14.5. The van der Waals surface area contributed by atoms with Gasteiger partial charge < -0.3 is 14.1 Å². The molecule has 3 heterocycles. The Bertz CT molecular complexity index is 891. The number of hydrogen-bond acceptors (Lipinski definition) is 6. The number of benzene rings is 1. The second-order valence-electron chi connectivity index (χ2n) is 6.29. The van der Waals surface area contributed by atoms with E-state index in [0.717, 1.165) is 11.3 Å². The smallest absolute Gasteiger partial charge is 0.291 e. The quantitative estimate of drug-likeness (QED) is 0.771. The van der Waals surface area contributed by atoms with E-state index in [-0.39, 0.29) is 23.7 Å². The van der Waals surface area contributed by atoms with Gasteiger partial charge in [0.05, 0.1) is 29.6 Å². The number of carbonyl (C=O) groups is 1. The Morgan fingerprint density at radius 3 is 2.81 bits per heavy atom. The first-order valence-electron chi connectivity index (χ1n) is 8.38. The summed E-state index contributed by atoms with van der Waals surface area (Å²) in [5, 5.41) is 10.6. The lowest BCUT2D eigenvalue weighted by Gasteiger charge is -2.14. The maximum atomic E-state index is 13.0. The molecule has 0 radical (unpaired) electrons. The van der Waals surface area contributed by atoms with Crippen molar-refractivity contribution >= 4 is 5.91 Å². The third-order valence-corrected chi connectivity index (χ3v) is 4.68. The van der Waals surface area contributed by atoms with Crippen LogP contribution in [-0.4, -0.2) is 57.5 Å². The molecule has 1 aromatic carbocycles. The predicted octanol–water partition coefficient (Wildman–Crippen LogP) is 2.02. The predicted molar refractivity (Wildman–Crippen MR) is 92.5 cm³/mol. The molecule has 8 nitrogen and oxygen atoms in total. The molecular weight excluding hydrogens is 334 g/mol. The number of nitrogens with zero attached hydrogens (tertiary/aromatic N) is 4. The molecule has 1 fully saturated rings. The Hall–Kier alpha value is -3.00. The first-order chi connectivity index (χ1) is 12.7. The number of aromatic nitrogens is 4. The van der Waals surface area contributed by atoms with E-state index in [0.29, 0.717) is 24.7 Å². The van der Waals surface area contributed by atoms with Crippen LogP contribution in [-0.2, 0) is 4.74 Å². The van der Waals surface area contributed by atoms with Gasteiger partial charge in [0.25, 0.3) is 5.91 Å². The van der Waals surface area contributed by atoms with Crippen LogP contribution in [0.15, 0.2) is 40.9 Å². The molecule has 1 aliphatic heterocycles. The van der Waals surface area contributed by atoms with E-state index in [2.05, 4.69) is 20.4 Å². The van der Waals surface area contributed by atoms with Crippen LogP contribution in [0.5, 0.6) is 0 Å². The van der Waals surface area contributed by atoms with E-state index in [1.165, 1.54) is 0 Å². The largest absolute Gasteiger partial charge is 0.431 e. The highest BCUT2D eigenvalue weighted by atomic mass is 16.5. The van der Waals surface area contributed by atoms with Crippen LogP contribution in [0.3, 0.4) is 0 Å². The molecule has 1 N–H and O–H groups in total. The van der Waals surface area contributed by atoms with Crippen molar-refractivity contribution in [3.63, 3.8) is 0 Å². The van der Waals surface area contributed by atoms with Gasteiger partial charge in [0, 0.05) is 25.8 Å². The molecule has 0 aliphatic carbocycles. The van der Waals surface area contributed by atoms with Gasteiger partial charge in [0.1, 0.15) is 0 Å². The Morgan fingerprint density at radius 2 is 2.12 bits per heavy atom. The second-order valence-corrected chi connectivity index (χ2v) is 6.29. The molecule has 3 aromatic rings. The Balaban J connectivity index is 1.58. The van der Waals surface area contributed by atoms with Crippen molar-refractivity contribution in [3.8, 4) is 11.5 Å². The van der Waals surface area contributed by atoms with Gasteiger partial charge in [-0.15, -0.1) is 0 Å². The summed E-state index contributed by atoms with van der Waals surface area (Å²) in [4.78, 5) is 19.1. The molecule has 26 heavy (non-hydrogen) atoms. The maximum Gasteiger partial charge on any atom is 0.291 e. The number of likely N-dealkylation sites (tertiary alicyclic amines) is 1. The number of rotatable bonds is 4. The molecule has 134 valence electrons. The van der Waals surface area contributed by atoms with E-state index in [1.54, 1.807) is 25.1 Å². The van der Waals surface area contributed by atoms with Crippen LogP contribution in [0, 0.1) is 6.92 Å². The molecule has 4 rings (SSSR count). The summed E-state index contributed by atoms with van der Waals surface area (Å²) in [6, 6.07) is 9.53. The van der Waals surface area contributed by atoms with E-state index in [4.69, 9.17) is 9.15 Å². The number of aromatic amines is 1. The van der Waals surface area contributed by atoms with Crippen molar-refractivity contribution < 1.29 is 13.9 Å². The Labute approximate surface area is 150 Å². The van der Waals surface area contributed by atoms with E-state index < -0.39 is 0 Å². The van der Waals surface area contributed by atoms with Crippen molar-refractivity contribution in [1.29, 1.82) is 0 Å². The molecule has 1 aliphatic rings. The summed E-state index contributed by atoms with van der Waals surface area (Å²) < 4.78 is 11.3. The normalized spacial score (nSPS) is 19.8. The lowest BCUT2D eigenvalue weighted by atomic mass is 10.0. The average molecular weight is 353 g/mol. The molecule has 1 amide bonds. The molecule has 1 saturated heterocycles. The van der Waals surface area contributed by atoms with Gasteiger partial charge >= 0.3 is 0 Å². The lowest BCUT2D eigenvalue weighted by Crippen LogP contribution is -2.30. The molecule has 2 atom stereocenters. The van der Waals surface area contributed by atoms with Crippen molar-refractivity contribution in [1.82, 2.24) is 25.3 Å². The van der Waals surface area contributed by atoms with E-state index in [1.807, 2.05) is 30.3 Å². The van der Waals surface area contributed by atoms with Crippen LogP contribution in [0.2, 0.25) is 0 Å². The zero-order chi connectivity index (χ0) is 18.1. The highest BCUT2D eigenvalue weighted by Gasteiger charge is 2.39. The average Bonchev–Trinajstić information content (AvgIpc) is 3.40. The first-order valence-corrected chi connectivity index (χ1v) is 8.38. The molecule has 2 aromatic heterocycles. The summed E-state index contributed by atoms with van der Waals surface area (Å²) >= 11 is 0. The van der Waals surface area contributed by atoms with Gasteiger partial charge in [-0.1, -0.05) is 18.2 Å². The fourth-order valence-corrected chi connectivity index (χ4v) is 3.29. The van der Waals surface area contributed by atoms with Crippen molar-refractivity contribution in [2.45, 2.75) is 18.9 Å². The highest BCUT2D eigenvalue weighted by molar-refractivity contribution is 5.93. The van der Waals surface area contributed by atoms with Crippen LogP contribution < -0.4 is 0 Å². The Kier molecular flexibility index (Phi) is 4.26. The first kappa shape index (κ1) is 16.5. The van der Waals surface area contributed by atoms with Gasteiger partial charge in [-0.3, -0.25) is 4.79 Å². The number of H-pyrrole nitrogens is 1. The van der Waals surface area contributed by atoms with Gasteiger partial charge in [-0.2, -0.15) is 15.4 Å². The van der Waals surface area contributed by atoms with E-state index >= 15 is 0 Å². The Morgan fingerprint density at radius 1 is 1.31 bits per heavy atom. The van der Waals surface area contributed by atoms with Crippen LogP contribution in [0.1, 0.15) is 27.9 Å². The fourth-order valence-electron chi connectivity index (χ4n) is 3.29. The molecule has 8 heteroatoms. The maximum absolute atomic E-state index is 13.0. The van der Waals surface area contributed by atoms with Crippen molar-refractivity contribution in [2.75, 3.05) is 20.2 Å². The second kappa shape index (κ2) is 6.72. The summed E-state index contributed by atoms with van der Waals surface area (Å²) in [5.74, 6) is 0.492. The van der Waals surface area contributed by atoms with E-state index in [9.17, 15) is 4.79 Å². The summed E-state index contributed by atoms with van der Waals surface area (Å²) in [6.07, 6.45) is 1.53. The third kappa shape index (κ3) is 2.88. The summed E-state index contributed by atoms with van der Waals surface area (Å²) in [6.45, 7) is 2.74. The number of carbonyl (C=O) groups excluding carboxylic acids is 1. The number of aryl methyl sites for hydroxylation is 1. The minimum absolute atomic E-state index is 0.0282. The number of amides is 1. The van der Waals surface area contributed by atoms with Crippen LogP contribution in [0.25, 0.3) is 11.5 Å². The van der Waals surface area contributed by atoms with Gasteiger partial charge in [0.15, 0.2) is 0 Å². The summed E-state index contributed by atoms with van der Waals surface area (Å²) in [7, 11) is 1.64. The van der Waals surface area contributed by atoms with Crippen molar-refractivity contribution in [3.05, 3.63) is 53.7 Å². The minimum Gasteiger partial charge on any atom is -0.431 e. The van der Waals surface area contributed by atoms with Crippen molar-refractivity contribution in [2.24, 2.45) is 0 Å². The molecular formula is C18H19N5O3.